The minimum Gasteiger partial charge on any atom is -0.493 e. The summed E-state index contributed by atoms with van der Waals surface area (Å²) in [6, 6.07) is 12.9. The van der Waals surface area contributed by atoms with E-state index in [1.54, 1.807) is 36.3 Å². The molecule has 1 aromatic heterocycles. The first-order chi connectivity index (χ1) is 12.7. The molecule has 2 aromatic carbocycles. The first kappa shape index (κ1) is 17.5. The molecule has 0 atom stereocenters. The van der Waals surface area contributed by atoms with Crippen LogP contribution in [0.3, 0.4) is 0 Å². The molecular formula is C19H20N4O3. The number of aromatic nitrogens is 3. The third-order valence-electron chi connectivity index (χ3n) is 3.80. The van der Waals surface area contributed by atoms with Crippen molar-refractivity contribution in [3.05, 3.63) is 66.2 Å². The molecule has 0 unspecified atom stereocenters. The number of carbonyl (C=O) groups is 1. The molecule has 3 aromatic rings. The number of nitrogens with zero attached hydrogens (tertiary/aromatic N) is 3. The monoisotopic (exact) mass is 352 g/mol. The third-order valence-corrected chi connectivity index (χ3v) is 3.80. The zero-order valence-electron chi connectivity index (χ0n) is 14.7. The zero-order valence-corrected chi connectivity index (χ0v) is 14.7. The Morgan fingerprint density at radius 1 is 1.15 bits per heavy atom. The number of methoxy groups -OCH3 is 1. The largest absolute Gasteiger partial charge is 0.493 e. The minimum absolute atomic E-state index is 0.172. The van der Waals surface area contributed by atoms with E-state index in [9.17, 15) is 4.79 Å². The lowest BCUT2D eigenvalue weighted by molar-refractivity contribution is 0.0950. The fourth-order valence-corrected chi connectivity index (χ4v) is 2.48. The molecule has 26 heavy (non-hydrogen) atoms. The predicted molar refractivity (Wildman–Crippen MR) is 96.7 cm³/mol. The summed E-state index contributed by atoms with van der Waals surface area (Å²) < 4.78 is 12.4. The lowest BCUT2D eigenvalue weighted by Gasteiger charge is -2.11. The number of hydrogen-bond donors (Lipinski definition) is 1. The van der Waals surface area contributed by atoms with E-state index in [0.717, 1.165) is 11.3 Å². The van der Waals surface area contributed by atoms with Crippen molar-refractivity contribution in [2.45, 2.75) is 13.5 Å². The Morgan fingerprint density at radius 2 is 1.96 bits per heavy atom. The molecule has 1 N–H and O–H groups in total. The summed E-state index contributed by atoms with van der Waals surface area (Å²) in [4.78, 5) is 16.3. The standard InChI is InChI=1S/C19H20N4O3/c1-3-26-18-10-15(6-9-17(18)25-2)19(24)21-11-14-4-7-16(8-5-14)23-13-20-12-22-23/h4-10,12-13H,3,11H2,1-2H3,(H,21,24). The Hall–Kier alpha value is -3.35. The number of nitrogens with one attached hydrogen (secondary N) is 1. The molecule has 7 heteroatoms. The van der Waals surface area contributed by atoms with Gasteiger partial charge < -0.3 is 14.8 Å². The highest BCUT2D eigenvalue weighted by molar-refractivity contribution is 5.94. The van der Waals surface area contributed by atoms with E-state index in [-0.39, 0.29) is 5.91 Å². The van der Waals surface area contributed by atoms with Crippen LogP contribution < -0.4 is 14.8 Å². The smallest absolute Gasteiger partial charge is 0.251 e. The highest BCUT2D eigenvalue weighted by Crippen LogP contribution is 2.28. The molecule has 0 bridgehead atoms. The topological polar surface area (TPSA) is 78.3 Å². The molecular weight excluding hydrogens is 332 g/mol. The minimum atomic E-state index is -0.172. The first-order valence-corrected chi connectivity index (χ1v) is 8.24. The van der Waals surface area contributed by atoms with Crippen LogP contribution in [0, 0.1) is 0 Å². The molecule has 1 heterocycles. The van der Waals surface area contributed by atoms with Crippen LogP contribution in [0.5, 0.6) is 11.5 Å². The van der Waals surface area contributed by atoms with Gasteiger partial charge in [0.05, 0.1) is 19.4 Å². The highest BCUT2D eigenvalue weighted by Gasteiger charge is 2.11. The van der Waals surface area contributed by atoms with Gasteiger partial charge in [0, 0.05) is 12.1 Å². The van der Waals surface area contributed by atoms with Crippen molar-refractivity contribution < 1.29 is 14.3 Å². The molecule has 0 saturated carbocycles. The van der Waals surface area contributed by atoms with Gasteiger partial charge in [0.2, 0.25) is 0 Å². The summed E-state index contributed by atoms with van der Waals surface area (Å²) >= 11 is 0. The molecule has 0 aliphatic carbocycles. The number of ether oxygens (including phenoxy) is 2. The van der Waals surface area contributed by atoms with Gasteiger partial charge in [-0.1, -0.05) is 12.1 Å². The Labute approximate surface area is 151 Å². The molecule has 0 fully saturated rings. The van der Waals surface area contributed by atoms with Crippen molar-refractivity contribution in [2.24, 2.45) is 0 Å². The number of hydrogen-bond acceptors (Lipinski definition) is 5. The second-order valence-electron chi connectivity index (χ2n) is 5.49. The Bertz CT molecular complexity index is 861. The second kappa shape index (κ2) is 8.15. The van der Waals surface area contributed by atoms with Gasteiger partial charge in [-0.2, -0.15) is 5.10 Å². The van der Waals surface area contributed by atoms with Crippen molar-refractivity contribution in [3.63, 3.8) is 0 Å². The summed E-state index contributed by atoms with van der Waals surface area (Å²) in [5, 5.41) is 6.99. The SMILES string of the molecule is CCOc1cc(C(=O)NCc2ccc(-n3cncn3)cc2)ccc1OC. The maximum absolute atomic E-state index is 12.4. The van der Waals surface area contributed by atoms with E-state index in [4.69, 9.17) is 9.47 Å². The van der Waals surface area contributed by atoms with E-state index in [1.165, 1.54) is 6.33 Å². The Kier molecular flexibility index (Phi) is 5.48. The van der Waals surface area contributed by atoms with Crippen molar-refractivity contribution in [3.8, 4) is 17.2 Å². The molecule has 3 rings (SSSR count). The van der Waals surface area contributed by atoms with Gasteiger partial charge in [-0.3, -0.25) is 4.79 Å². The van der Waals surface area contributed by atoms with Crippen LogP contribution in [-0.4, -0.2) is 34.4 Å². The Morgan fingerprint density at radius 3 is 2.62 bits per heavy atom. The molecule has 0 saturated heterocycles. The van der Waals surface area contributed by atoms with Gasteiger partial charge in [0.25, 0.3) is 5.91 Å². The molecule has 7 nitrogen and oxygen atoms in total. The highest BCUT2D eigenvalue weighted by atomic mass is 16.5. The van der Waals surface area contributed by atoms with Crippen LogP contribution >= 0.6 is 0 Å². The molecule has 0 spiro atoms. The van der Waals surface area contributed by atoms with Gasteiger partial charge >= 0.3 is 0 Å². The normalized spacial score (nSPS) is 10.4. The number of amides is 1. The molecule has 0 radical (unpaired) electrons. The lowest BCUT2D eigenvalue weighted by Crippen LogP contribution is -2.22. The van der Waals surface area contributed by atoms with E-state index in [2.05, 4.69) is 15.4 Å². The van der Waals surface area contributed by atoms with Crippen LogP contribution in [0.4, 0.5) is 0 Å². The van der Waals surface area contributed by atoms with Crippen LogP contribution in [0.25, 0.3) is 5.69 Å². The van der Waals surface area contributed by atoms with Gasteiger partial charge in [0.1, 0.15) is 12.7 Å². The summed E-state index contributed by atoms with van der Waals surface area (Å²) in [6.45, 7) is 2.81. The average molecular weight is 352 g/mol. The Balaban J connectivity index is 1.64. The van der Waals surface area contributed by atoms with Gasteiger partial charge in [-0.05, 0) is 42.8 Å². The molecule has 1 amide bonds. The van der Waals surface area contributed by atoms with Crippen LogP contribution in [-0.2, 0) is 6.54 Å². The van der Waals surface area contributed by atoms with Gasteiger partial charge in [0.15, 0.2) is 11.5 Å². The van der Waals surface area contributed by atoms with Crippen LogP contribution in [0.15, 0.2) is 55.1 Å². The van der Waals surface area contributed by atoms with Crippen molar-refractivity contribution in [1.82, 2.24) is 20.1 Å². The third kappa shape index (κ3) is 4.00. The van der Waals surface area contributed by atoms with E-state index in [0.29, 0.717) is 30.2 Å². The summed E-state index contributed by atoms with van der Waals surface area (Å²) in [5.41, 5.74) is 2.42. The summed E-state index contributed by atoms with van der Waals surface area (Å²) in [5.74, 6) is 0.987. The summed E-state index contributed by atoms with van der Waals surface area (Å²) in [6.07, 6.45) is 3.12. The maximum Gasteiger partial charge on any atom is 0.251 e. The average Bonchev–Trinajstić information content (AvgIpc) is 3.21. The summed E-state index contributed by atoms with van der Waals surface area (Å²) in [7, 11) is 1.57. The van der Waals surface area contributed by atoms with Crippen molar-refractivity contribution in [1.29, 1.82) is 0 Å². The van der Waals surface area contributed by atoms with Gasteiger partial charge in [-0.15, -0.1) is 0 Å². The molecule has 0 aliphatic heterocycles. The fraction of sp³-hybridized carbons (Fsp3) is 0.211. The number of carbonyl (C=O) groups excluding carboxylic acids is 1. The fourth-order valence-electron chi connectivity index (χ4n) is 2.48. The zero-order chi connectivity index (χ0) is 18.4. The quantitative estimate of drug-likeness (QED) is 0.707. The van der Waals surface area contributed by atoms with Crippen molar-refractivity contribution in [2.75, 3.05) is 13.7 Å². The maximum atomic E-state index is 12.4. The first-order valence-electron chi connectivity index (χ1n) is 8.24. The number of rotatable bonds is 7. The lowest BCUT2D eigenvalue weighted by atomic mass is 10.1. The van der Waals surface area contributed by atoms with E-state index < -0.39 is 0 Å². The predicted octanol–water partition coefficient (Wildman–Crippen LogP) is 2.60. The van der Waals surface area contributed by atoms with E-state index >= 15 is 0 Å². The van der Waals surface area contributed by atoms with Crippen LogP contribution in [0.2, 0.25) is 0 Å². The number of benzene rings is 2. The molecule has 0 aliphatic rings. The van der Waals surface area contributed by atoms with Crippen LogP contribution in [0.1, 0.15) is 22.8 Å². The van der Waals surface area contributed by atoms with Gasteiger partial charge in [-0.25, -0.2) is 9.67 Å². The second-order valence-corrected chi connectivity index (χ2v) is 5.49. The molecule has 134 valence electrons. The van der Waals surface area contributed by atoms with Crippen molar-refractivity contribution >= 4 is 5.91 Å². The van der Waals surface area contributed by atoms with E-state index in [1.807, 2.05) is 31.2 Å².